The molecule has 3 heteroatoms. The molecule has 1 aliphatic carbocycles. The van der Waals surface area contributed by atoms with Gasteiger partial charge in [-0.2, -0.15) is 0 Å². The summed E-state index contributed by atoms with van der Waals surface area (Å²) in [6.07, 6.45) is 4.73. The summed E-state index contributed by atoms with van der Waals surface area (Å²) in [5, 5.41) is 3.82. The number of hydrogen-bond acceptors (Lipinski definition) is 1. The smallest absolute Gasteiger partial charge is 0.220 e. The lowest BCUT2D eigenvalue weighted by molar-refractivity contribution is -0.121. The maximum atomic E-state index is 12.2. The molecule has 0 unspecified atom stereocenters. The minimum atomic E-state index is 0.0413. The highest BCUT2D eigenvalue weighted by Crippen LogP contribution is 2.25. The normalized spacial score (nSPS) is 14.3. The quantitative estimate of drug-likeness (QED) is 0.851. The molecule has 1 amide bonds. The lowest BCUT2D eigenvalue weighted by atomic mass is 10.0. The van der Waals surface area contributed by atoms with Crippen molar-refractivity contribution in [2.75, 3.05) is 0 Å². The van der Waals surface area contributed by atoms with Gasteiger partial charge in [0.25, 0.3) is 0 Å². The van der Waals surface area contributed by atoms with E-state index in [1.165, 1.54) is 29.5 Å². The second kappa shape index (κ2) is 7.18. The molecule has 1 N–H and O–H groups in total. The minimum Gasteiger partial charge on any atom is -0.350 e. The average Bonchev–Trinajstić information content (AvgIpc) is 3.01. The SMILES string of the molecule is C[C@H](NC(=O)CCc1ccccc1Cl)c1ccc2c(c1)CCC2. The van der Waals surface area contributed by atoms with Crippen molar-refractivity contribution in [2.24, 2.45) is 0 Å². The third kappa shape index (κ3) is 3.94. The Bertz CT molecular complexity index is 711. The van der Waals surface area contributed by atoms with Crippen LogP contribution in [0.25, 0.3) is 0 Å². The van der Waals surface area contributed by atoms with Crippen LogP contribution in [0.2, 0.25) is 5.02 Å². The Hall–Kier alpha value is -1.80. The van der Waals surface area contributed by atoms with Gasteiger partial charge in [0, 0.05) is 11.4 Å². The van der Waals surface area contributed by atoms with Gasteiger partial charge in [0.15, 0.2) is 0 Å². The van der Waals surface area contributed by atoms with E-state index in [0.29, 0.717) is 12.8 Å². The van der Waals surface area contributed by atoms with Crippen molar-refractivity contribution in [3.05, 3.63) is 69.7 Å². The number of benzene rings is 2. The number of carbonyl (C=O) groups is 1. The Morgan fingerprint density at radius 2 is 1.96 bits per heavy atom. The van der Waals surface area contributed by atoms with Crippen LogP contribution in [-0.2, 0) is 24.1 Å². The van der Waals surface area contributed by atoms with E-state index in [2.05, 4.69) is 23.5 Å². The van der Waals surface area contributed by atoms with Gasteiger partial charge in [-0.1, -0.05) is 48.0 Å². The Balaban J connectivity index is 1.56. The van der Waals surface area contributed by atoms with Crippen LogP contribution in [0, 0.1) is 0 Å². The van der Waals surface area contributed by atoms with Crippen molar-refractivity contribution < 1.29 is 4.79 Å². The summed E-state index contributed by atoms with van der Waals surface area (Å²) in [6.45, 7) is 2.05. The zero-order valence-corrected chi connectivity index (χ0v) is 14.2. The molecule has 23 heavy (non-hydrogen) atoms. The van der Waals surface area contributed by atoms with E-state index in [9.17, 15) is 4.79 Å². The molecule has 0 heterocycles. The Morgan fingerprint density at radius 3 is 2.78 bits per heavy atom. The summed E-state index contributed by atoms with van der Waals surface area (Å²) in [6, 6.07) is 14.3. The van der Waals surface area contributed by atoms with Crippen LogP contribution < -0.4 is 5.32 Å². The highest BCUT2D eigenvalue weighted by Gasteiger charge is 2.15. The Labute approximate surface area is 142 Å². The van der Waals surface area contributed by atoms with Crippen molar-refractivity contribution in [3.8, 4) is 0 Å². The summed E-state index contributed by atoms with van der Waals surface area (Å²) in [7, 11) is 0. The molecule has 3 rings (SSSR count). The molecule has 2 aromatic rings. The maximum absolute atomic E-state index is 12.2. The third-order valence-corrected chi connectivity index (χ3v) is 4.95. The molecule has 1 atom stereocenters. The van der Waals surface area contributed by atoms with Crippen molar-refractivity contribution in [1.29, 1.82) is 0 Å². The molecule has 0 saturated carbocycles. The number of nitrogens with one attached hydrogen (secondary N) is 1. The van der Waals surface area contributed by atoms with E-state index in [1.807, 2.05) is 31.2 Å². The second-order valence-electron chi connectivity index (χ2n) is 6.26. The number of carbonyl (C=O) groups excluding carboxylic acids is 1. The largest absolute Gasteiger partial charge is 0.350 e. The first-order valence-electron chi connectivity index (χ1n) is 8.28. The van der Waals surface area contributed by atoms with Crippen LogP contribution >= 0.6 is 11.6 Å². The summed E-state index contributed by atoms with van der Waals surface area (Å²) >= 11 is 6.13. The molecule has 0 bridgehead atoms. The predicted molar refractivity (Wildman–Crippen MR) is 94.8 cm³/mol. The van der Waals surface area contributed by atoms with E-state index < -0.39 is 0 Å². The molecular formula is C20H22ClNO. The second-order valence-corrected chi connectivity index (χ2v) is 6.67. The first-order valence-corrected chi connectivity index (χ1v) is 8.66. The zero-order valence-electron chi connectivity index (χ0n) is 13.4. The van der Waals surface area contributed by atoms with Crippen LogP contribution in [0.3, 0.4) is 0 Å². The highest BCUT2D eigenvalue weighted by molar-refractivity contribution is 6.31. The fourth-order valence-corrected chi connectivity index (χ4v) is 3.44. The first-order chi connectivity index (χ1) is 11.1. The summed E-state index contributed by atoms with van der Waals surface area (Å²) < 4.78 is 0. The van der Waals surface area contributed by atoms with Crippen LogP contribution in [0.1, 0.15) is 48.1 Å². The number of halogens is 1. The monoisotopic (exact) mass is 327 g/mol. The van der Waals surface area contributed by atoms with Gasteiger partial charge in [-0.25, -0.2) is 0 Å². The summed E-state index contributed by atoms with van der Waals surface area (Å²) in [5.41, 5.74) is 5.12. The molecule has 2 aromatic carbocycles. The number of rotatable bonds is 5. The van der Waals surface area contributed by atoms with Crippen molar-refractivity contribution >= 4 is 17.5 Å². The van der Waals surface area contributed by atoms with Gasteiger partial charge in [-0.15, -0.1) is 0 Å². The third-order valence-electron chi connectivity index (χ3n) is 4.58. The first kappa shape index (κ1) is 16.1. The number of amides is 1. The lowest BCUT2D eigenvalue weighted by Gasteiger charge is -2.16. The van der Waals surface area contributed by atoms with Crippen LogP contribution in [0.4, 0.5) is 0 Å². The molecule has 0 aliphatic heterocycles. The summed E-state index contributed by atoms with van der Waals surface area (Å²) in [5.74, 6) is 0.0675. The van der Waals surface area contributed by atoms with Gasteiger partial charge in [0.2, 0.25) is 5.91 Å². The molecule has 0 saturated heterocycles. The molecule has 1 aliphatic rings. The molecular weight excluding hydrogens is 306 g/mol. The Kier molecular flexibility index (Phi) is 5.02. The Morgan fingerprint density at radius 1 is 1.17 bits per heavy atom. The van der Waals surface area contributed by atoms with E-state index in [4.69, 9.17) is 11.6 Å². The van der Waals surface area contributed by atoms with E-state index in [1.54, 1.807) is 0 Å². The van der Waals surface area contributed by atoms with Gasteiger partial charge in [-0.05, 0) is 60.9 Å². The molecule has 0 spiro atoms. The topological polar surface area (TPSA) is 29.1 Å². The lowest BCUT2D eigenvalue weighted by Crippen LogP contribution is -2.26. The highest BCUT2D eigenvalue weighted by atomic mass is 35.5. The molecule has 0 fully saturated rings. The van der Waals surface area contributed by atoms with Crippen LogP contribution in [-0.4, -0.2) is 5.91 Å². The van der Waals surface area contributed by atoms with Crippen LogP contribution in [0.5, 0.6) is 0 Å². The van der Waals surface area contributed by atoms with Gasteiger partial charge in [0.1, 0.15) is 0 Å². The average molecular weight is 328 g/mol. The predicted octanol–water partition coefficient (Wildman–Crippen LogP) is 4.64. The van der Waals surface area contributed by atoms with Crippen molar-refractivity contribution in [1.82, 2.24) is 5.32 Å². The van der Waals surface area contributed by atoms with Crippen molar-refractivity contribution in [2.45, 2.75) is 45.1 Å². The molecule has 2 nitrogen and oxygen atoms in total. The number of hydrogen-bond donors (Lipinski definition) is 1. The van der Waals surface area contributed by atoms with E-state index in [0.717, 1.165) is 17.0 Å². The summed E-state index contributed by atoms with van der Waals surface area (Å²) in [4.78, 5) is 12.2. The number of fused-ring (bicyclic) bond motifs is 1. The van der Waals surface area contributed by atoms with E-state index >= 15 is 0 Å². The van der Waals surface area contributed by atoms with Gasteiger partial charge >= 0.3 is 0 Å². The maximum Gasteiger partial charge on any atom is 0.220 e. The van der Waals surface area contributed by atoms with Gasteiger partial charge in [-0.3, -0.25) is 4.79 Å². The number of aryl methyl sites for hydroxylation is 3. The van der Waals surface area contributed by atoms with Crippen LogP contribution in [0.15, 0.2) is 42.5 Å². The standard InChI is InChI=1S/C20H22ClNO/c1-14(17-10-9-15-6-4-7-18(15)13-17)22-20(23)12-11-16-5-2-3-8-19(16)21/h2-3,5,8-10,13-14H,4,6-7,11-12H2,1H3,(H,22,23)/t14-/m0/s1. The fraction of sp³-hybridized carbons (Fsp3) is 0.350. The van der Waals surface area contributed by atoms with Gasteiger partial charge in [0.05, 0.1) is 6.04 Å². The van der Waals surface area contributed by atoms with Crippen molar-refractivity contribution in [3.63, 3.8) is 0 Å². The van der Waals surface area contributed by atoms with Gasteiger partial charge < -0.3 is 5.32 Å². The molecule has 120 valence electrons. The molecule has 0 aromatic heterocycles. The van der Waals surface area contributed by atoms with E-state index in [-0.39, 0.29) is 11.9 Å². The molecule has 0 radical (unpaired) electrons. The fourth-order valence-electron chi connectivity index (χ4n) is 3.21. The zero-order chi connectivity index (χ0) is 16.2. The minimum absolute atomic E-state index is 0.0413.